The van der Waals surface area contributed by atoms with E-state index in [-0.39, 0.29) is 4.90 Å². The van der Waals surface area contributed by atoms with Crippen LogP contribution in [-0.4, -0.2) is 18.5 Å². The molecule has 0 saturated heterocycles. The minimum atomic E-state index is -3.76. The van der Waals surface area contributed by atoms with Crippen molar-refractivity contribution in [2.45, 2.75) is 4.90 Å². The Kier molecular flexibility index (Phi) is 5.91. The van der Waals surface area contributed by atoms with Crippen LogP contribution < -0.4 is 20.9 Å². The molecule has 0 bridgehead atoms. The summed E-state index contributed by atoms with van der Waals surface area (Å²) in [6.07, 6.45) is 0. The minimum Gasteiger partial charge on any atom is -0.332 e. The van der Waals surface area contributed by atoms with Gasteiger partial charge < -0.3 is 10.6 Å². The molecule has 0 aliphatic rings. The zero-order valence-corrected chi connectivity index (χ0v) is 17.9. The predicted molar refractivity (Wildman–Crippen MR) is 126 cm³/mol. The Morgan fingerprint density at radius 3 is 2.17 bits per heavy atom. The quantitative estimate of drug-likeness (QED) is 0.253. The van der Waals surface area contributed by atoms with E-state index in [9.17, 15) is 8.42 Å². The molecule has 4 aromatic rings. The molecule has 1 heterocycles. The van der Waals surface area contributed by atoms with E-state index in [0.29, 0.717) is 15.9 Å². The second-order valence-electron chi connectivity index (χ2n) is 6.19. The zero-order valence-electron chi connectivity index (χ0n) is 15.5. The minimum absolute atomic E-state index is 0.114. The van der Waals surface area contributed by atoms with E-state index in [0.717, 1.165) is 15.9 Å². The van der Waals surface area contributed by atoms with E-state index in [4.69, 9.17) is 12.2 Å². The molecule has 30 heavy (non-hydrogen) atoms. The SMILES string of the molecule is O=S(=O)(NNc1nc2ccccc2s1)c1ccc(NC(=S)Nc2ccccc2)cc1. The Labute approximate surface area is 183 Å². The van der Waals surface area contributed by atoms with Gasteiger partial charge in [0.15, 0.2) is 10.2 Å². The Hall–Kier alpha value is -3.05. The largest absolute Gasteiger partial charge is 0.332 e. The molecule has 4 rings (SSSR count). The lowest BCUT2D eigenvalue weighted by atomic mass is 10.3. The molecule has 152 valence electrons. The molecule has 0 atom stereocenters. The lowest BCUT2D eigenvalue weighted by Gasteiger charge is -2.11. The highest BCUT2D eigenvalue weighted by atomic mass is 32.2. The smallest absolute Gasteiger partial charge is 0.257 e. The van der Waals surface area contributed by atoms with Gasteiger partial charge in [-0.15, -0.1) is 4.83 Å². The maximum Gasteiger partial charge on any atom is 0.257 e. The molecular formula is C20H17N5O2S3. The highest BCUT2D eigenvalue weighted by molar-refractivity contribution is 7.89. The van der Waals surface area contributed by atoms with Crippen molar-refractivity contribution in [3.63, 3.8) is 0 Å². The first-order valence-electron chi connectivity index (χ1n) is 8.86. The van der Waals surface area contributed by atoms with Crippen LogP contribution in [0, 0.1) is 0 Å². The highest BCUT2D eigenvalue weighted by Crippen LogP contribution is 2.25. The molecule has 0 spiro atoms. The summed E-state index contributed by atoms with van der Waals surface area (Å²) in [6.45, 7) is 0. The number of hydrogen-bond acceptors (Lipinski definition) is 6. The summed E-state index contributed by atoms with van der Waals surface area (Å²) in [5, 5.41) is 6.96. The number of benzene rings is 3. The molecule has 0 fully saturated rings. The van der Waals surface area contributed by atoms with Gasteiger partial charge in [-0.05, 0) is 60.7 Å². The standard InChI is InChI=1S/C20H17N5O2S3/c26-30(27,25-24-20-23-17-8-4-5-9-18(17)29-20)16-12-10-15(11-13-16)22-19(28)21-14-6-2-1-3-7-14/h1-13,25H,(H,23,24)(H2,21,22,28). The summed E-state index contributed by atoms with van der Waals surface area (Å²) in [5.74, 6) is 0. The van der Waals surface area contributed by atoms with Gasteiger partial charge in [0, 0.05) is 11.4 Å². The number of nitrogens with zero attached hydrogens (tertiary/aromatic N) is 1. The molecular weight excluding hydrogens is 438 g/mol. The third-order valence-electron chi connectivity index (χ3n) is 4.04. The molecule has 0 unspecified atom stereocenters. The van der Waals surface area contributed by atoms with Crippen LogP contribution >= 0.6 is 23.6 Å². The molecule has 4 N–H and O–H groups in total. The van der Waals surface area contributed by atoms with Crippen LogP contribution in [0.4, 0.5) is 16.5 Å². The van der Waals surface area contributed by atoms with Crippen LogP contribution in [0.1, 0.15) is 0 Å². The van der Waals surface area contributed by atoms with E-state index in [1.807, 2.05) is 54.6 Å². The van der Waals surface area contributed by atoms with Gasteiger partial charge in [0.1, 0.15) is 0 Å². The first-order chi connectivity index (χ1) is 14.5. The summed E-state index contributed by atoms with van der Waals surface area (Å²) in [7, 11) is -3.76. The fraction of sp³-hybridized carbons (Fsp3) is 0. The number of fused-ring (bicyclic) bond motifs is 1. The number of hydrazine groups is 1. The summed E-state index contributed by atoms with van der Waals surface area (Å²) >= 11 is 6.64. The number of nitrogens with one attached hydrogen (secondary N) is 4. The first kappa shape index (κ1) is 20.2. The number of rotatable bonds is 6. The molecule has 0 amide bonds. The number of sulfonamides is 1. The monoisotopic (exact) mass is 455 g/mol. The Balaban J connectivity index is 1.37. The molecule has 0 radical (unpaired) electrons. The van der Waals surface area contributed by atoms with Crippen molar-refractivity contribution in [3.8, 4) is 0 Å². The van der Waals surface area contributed by atoms with Gasteiger partial charge in [0.25, 0.3) is 10.0 Å². The normalized spacial score (nSPS) is 11.2. The fourth-order valence-corrected chi connectivity index (χ4v) is 4.59. The van der Waals surface area contributed by atoms with Crippen molar-refractivity contribution in [2.75, 3.05) is 16.1 Å². The number of para-hydroxylation sites is 2. The Morgan fingerprint density at radius 2 is 1.47 bits per heavy atom. The van der Waals surface area contributed by atoms with Crippen LogP contribution in [0.2, 0.25) is 0 Å². The number of thiocarbonyl (C=S) groups is 1. The lowest BCUT2D eigenvalue weighted by Crippen LogP contribution is -2.29. The van der Waals surface area contributed by atoms with Crippen molar-refractivity contribution in [1.29, 1.82) is 0 Å². The van der Waals surface area contributed by atoms with Crippen LogP contribution in [-0.2, 0) is 10.0 Å². The molecule has 10 heteroatoms. The summed E-state index contributed by atoms with van der Waals surface area (Å²) in [6, 6.07) is 23.4. The Bertz CT molecular complexity index is 1240. The van der Waals surface area contributed by atoms with Gasteiger partial charge in [-0.2, -0.15) is 0 Å². The molecule has 3 aromatic carbocycles. The van der Waals surface area contributed by atoms with Crippen LogP contribution in [0.15, 0.2) is 83.8 Å². The van der Waals surface area contributed by atoms with Crippen LogP contribution in [0.3, 0.4) is 0 Å². The van der Waals surface area contributed by atoms with Gasteiger partial charge in [0.05, 0.1) is 15.1 Å². The number of aromatic nitrogens is 1. The van der Waals surface area contributed by atoms with E-state index in [2.05, 4.69) is 25.9 Å². The van der Waals surface area contributed by atoms with E-state index in [1.165, 1.54) is 23.5 Å². The maximum atomic E-state index is 12.5. The van der Waals surface area contributed by atoms with Gasteiger partial charge in [-0.3, -0.25) is 5.43 Å². The van der Waals surface area contributed by atoms with Crippen molar-refractivity contribution in [1.82, 2.24) is 9.82 Å². The average Bonchev–Trinajstić information content (AvgIpc) is 3.17. The molecule has 1 aromatic heterocycles. The molecule has 0 saturated carbocycles. The number of anilines is 3. The van der Waals surface area contributed by atoms with Crippen molar-refractivity contribution in [3.05, 3.63) is 78.9 Å². The van der Waals surface area contributed by atoms with Crippen molar-refractivity contribution < 1.29 is 8.42 Å². The van der Waals surface area contributed by atoms with Crippen LogP contribution in [0.5, 0.6) is 0 Å². The summed E-state index contributed by atoms with van der Waals surface area (Å²) in [5.41, 5.74) is 5.00. The van der Waals surface area contributed by atoms with Gasteiger partial charge in [-0.1, -0.05) is 41.7 Å². The summed E-state index contributed by atoms with van der Waals surface area (Å²) < 4.78 is 26.0. The van der Waals surface area contributed by atoms with Gasteiger partial charge in [0.2, 0.25) is 0 Å². The van der Waals surface area contributed by atoms with Crippen molar-refractivity contribution in [2.24, 2.45) is 0 Å². The first-order valence-corrected chi connectivity index (χ1v) is 11.6. The predicted octanol–water partition coefficient (Wildman–Crippen LogP) is 4.41. The Morgan fingerprint density at radius 1 is 0.833 bits per heavy atom. The number of hydrogen-bond donors (Lipinski definition) is 4. The summed E-state index contributed by atoms with van der Waals surface area (Å²) in [4.78, 5) is 6.81. The number of thiazole rings is 1. The topological polar surface area (TPSA) is 95.2 Å². The molecule has 0 aliphatic heterocycles. The third kappa shape index (κ3) is 4.92. The van der Waals surface area contributed by atoms with E-state index in [1.54, 1.807) is 12.1 Å². The molecule has 0 aliphatic carbocycles. The second kappa shape index (κ2) is 8.76. The van der Waals surface area contributed by atoms with Gasteiger partial charge >= 0.3 is 0 Å². The second-order valence-corrected chi connectivity index (χ2v) is 9.31. The van der Waals surface area contributed by atoms with E-state index >= 15 is 0 Å². The van der Waals surface area contributed by atoms with Gasteiger partial charge in [-0.25, -0.2) is 13.4 Å². The van der Waals surface area contributed by atoms with E-state index < -0.39 is 10.0 Å². The maximum absolute atomic E-state index is 12.5. The zero-order chi connectivity index (χ0) is 21.0. The highest BCUT2D eigenvalue weighted by Gasteiger charge is 2.14. The molecule has 7 nitrogen and oxygen atoms in total. The van der Waals surface area contributed by atoms with Crippen molar-refractivity contribution >= 4 is 65.4 Å². The van der Waals surface area contributed by atoms with Crippen LogP contribution in [0.25, 0.3) is 10.2 Å². The third-order valence-corrected chi connectivity index (χ3v) is 6.46. The average molecular weight is 456 g/mol. The lowest BCUT2D eigenvalue weighted by molar-refractivity contribution is 0.587. The fourth-order valence-electron chi connectivity index (χ4n) is 2.63.